The van der Waals surface area contributed by atoms with Gasteiger partial charge in [0.25, 0.3) is 0 Å². The molecule has 1 aromatic carbocycles. The van der Waals surface area contributed by atoms with E-state index in [4.69, 9.17) is 0 Å². The Labute approximate surface area is 162 Å². The lowest BCUT2D eigenvalue weighted by molar-refractivity contribution is -0.130. The minimum atomic E-state index is -0.0187. The van der Waals surface area contributed by atoms with Crippen LogP contribution in [0.3, 0.4) is 0 Å². The van der Waals surface area contributed by atoms with E-state index >= 15 is 0 Å². The SMILES string of the molecule is Cc1cccc(C)c1NC(=O)CCCSC(C)C(=O)N1CCCCCC1. The first-order chi connectivity index (χ1) is 12.5. The Hall–Kier alpha value is -1.49. The van der Waals surface area contributed by atoms with E-state index in [-0.39, 0.29) is 17.1 Å². The standard InChI is InChI=1S/C21H32N2O2S/c1-16-10-8-11-17(2)20(16)22-19(24)12-9-15-26-18(3)21(25)23-13-6-4-5-7-14-23/h8,10-11,18H,4-7,9,12-15H2,1-3H3,(H,22,24). The highest BCUT2D eigenvalue weighted by Gasteiger charge is 2.21. The molecule has 0 saturated carbocycles. The Bertz CT molecular complexity index is 590. The first kappa shape index (κ1) is 20.8. The molecular weight excluding hydrogens is 344 g/mol. The number of thioether (sulfide) groups is 1. The van der Waals surface area contributed by atoms with Crippen molar-refractivity contribution in [3.8, 4) is 0 Å². The van der Waals surface area contributed by atoms with Gasteiger partial charge in [0, 0.05) is 25.2 Å². The zero-order valence-electron chi connectivity index (χ0n) is 16.3. The van der Waals surface area contributed by atoms with Crippen LogP contribution < -0.4 is 5.32 Å². The van der Waals surface area contributed by atoms with Crippen molar-refractivity contribution < 1.29 is 9.59 Å². The van der Waals surface area contributed by atoms with Crippen molar-refractivity contribution in [1.29, 1.82) is 0 Å². The van der Waals surface area contributed by atoms with Gasteiger partial charge in [0.2, 0.25) is 11.8 Å². The molecule has 1 heterocycles. The van der Waals surface area contributed by atoms with Gasteiger partial charge in [-0.25, -0.2) is 0 Å². The summed E-state index contributed by atoms with van der Waals surface area (Å²) < 4.78 is 0. The molecule has 1 atom stereocenters. The lowest BCUT2D eigenvalue weighted by Gasteiger charge is -2.23. The molecule has 0 radical (unpaired) electrons. The molecule has 4 nitrogen and oxygen atoms in total. The topological polar surface area (TPSA) is 49.4 Å². The van der Waals surface area contributed by atoms with Crippen LogP contribution in [-0.4, -0.2) is 40.8 Å². The van der Waals surface area contributed by atoms with Gasteiger partial charge in [0.05, 0.1) is 5.25 Å². The number of benzene rings is 1. The van der Waals surface area contributed by atoms with Crippen LogP contribution in [0.5, 0.6) is 0 Å². The van der Waals surface area contributed by atoms with Gasteiger partial charge in [-0.2, -0.15) is 0 Å². The quantitative estimate of drug-likeness (QED) is 0.711. The number of amides is 2. The van der Waals surface area contributed by atoms with Crippen molar-refractivity contribution in [3.05, 3.63) is 29.3 Å². The maximum absolute atomic E-state index is 12.5. The van der Waals surface area contributed by atoms with Crippen LogP contribution in [0.2, 0.25) is 0 Å². The van der Waals surface area contributed by atoms with Crippen LogP contribution in [0.15, 0.2) is 18.2 Å². The number of anilines is 1. The minimum Gasteiger partial charge on any atom is -0.342 e. The van der Waals surface area contributed by atoms with Gasteiger partial charge in [-0.1, -0.05) is 31.0 Å². The van der Waals surface area contributed by atoms with Crippen molar-refractivity contribution >= 4 is 29.3 Å². The van der Waals surface area contributed by atoms with Gasteiger partial charge < -0.3 is 10.2 Å². The summed E-state index contributed by atoms with van der Waals surface area (Å²) in [5.41, 5.74) is 3.10. The number of nitrogens with one attached hydrogen (secondary N) is 1. The third-order valence-electron chi connectivity index (χ3n) is 4.93. The van der Waals surface area contributed by atoms with Crippen molar-refractivity contribution in [2.75, 3.05) is 24.2 Å². The van der Waals surface area contributed by atoms with Gasteiger partial charge in [0.15, 0.2) is 0 Å². The van der Waals surface area contributed by atoms with Crippen molar-refractivity contribution in [3.63, 3.8) is 0 Å². The van der Waals surface area contributed by atoms with Crippen LogP contribution >= 0.6 is 11.8 Å². The zero-order chi connectivity index (χ0) is 18.9. The Morgan fingerprint density at radius 2 is 1.73 bits per heavy atom. The average molecular weight is 377 g/mol. The highest BCUT2D eigenvalue weighted by molar-refractivity contribution is 8.00. The number of carbonyl (C=O) groups excluding carboxylic acids is 2. The molecule has 26 heavy (non-hydrogen) atoms. The summed E-state index contributed by atoms with van der Waals surface area (Å²) in [7, 11) is 0. The normalized spacial score (nSPS) is 16.0. The Morgan fingerprint density at radius 3 is 2.35 bits per heavy atom. The fourth-order valence-corrected chi connectivity index (χ4v) is 4.28. The predicted octanol–water partition coefficient (Wildman–Crippen LogP) is 4.55. The molecule has 0 bridgehead atoms. The van der Waals surface area contributed by atoms with Gasteiger partial charge in [0.1, 0.15) is 0 Å². The van der Waals surface area contributed by atoms with E-state index in [0.29, 0.717) is 6.42 Å². The first-order valence-corrected chi connectivity index (χ1v) is 10.8. The van der Waals surface area contributed by atoms with E-state index in [2.05, 4.69) is 5.32 Å². The number of likely N-dealkylation sites (tertiary alicyclic amines) is 1. The van der Waals surface area contributed by atoms with Gasteiger partial charge in [-0.15, -0.1) is 11.8 Å². The van der Waals surface area contributed by atoms with E-state index in [0.717, 1.165) is 54.9 Å². The van der Waals surface area contributed by atoms with E-state index < -0.39 is 0 Å². The summed E-state index contributed by atoms with van der Waals surface area (Å²) in [6.07, 6.45) is 6.01. The first-order valence-electron chi connectivity index (χ1n) is 9.75. The number of aryl methyl sites for hydroxylation is 2. The molecule has 144 valence electrons. The van der Waals surface area contributed by atoms with Crippen molar-refractivity contribution in [2.24, 2.45) is 0 Å². The maximum atomic E-state index is 12.5. The Kier molecular flexibility index (Phi) is 8.49. The fourth-order valence-electron chi connectivity index (χ4n) is 3.33. The van der Waals surface area contributed by atoms with Gasteiger partial charge >= 0.3 is 0 Å². The molecule has 0 spiro atoms. The van der Waals surface area contributed by atoms with Crippen LogP contribution in [0.1, 0.15) is 56.6 Å². The molecular formula is C21H32N2O2S. The van der Waals surface area contributed by atoms with Gasteiger partial charge in [-0.05, 0) is 56.9 Å². The van der Waals surface area contributed by atoms with Crippen LogP contribution in [0.4, 0.5) is 5.69 Å². The third kappa shape index (κ3) is 6.35. The fraction of sp³-hybridized carbons (Fsp3) is 0.619. The Balaban J connectivity index is 1.69. The van der Waals surface area contributed by atoms with E-state index in [1.807, 2.05) is 43.9 Å². The van der Waals surface area contributed by atoms with Crippen LogP contribution in [0, 0.1) is 13.8 Å². The van der Waals surface area contributed by atoms with Crippen LogP contribution in [-0.2, 0) is 9.59 Å². The summed E-state index contributed by atoms with van der Waals surface area (Å²) in [6, 6.07) is 6.02. The minimum absolute atomic E-state index is 0.0187. The molecule has 2 rings (SSSR count). The highest BCUT2D eigenvalue weighted by atomic mass is 32.2. The average Bonchev–Trinajstić information content (AvgIpc) is 2.90. The molecule has 2 amide bonds. The number of hydrogen-bond donors (Lipinski definition) is 1. The molecule has 5 heteroatoms. The van der Waals surface area contributed by atoms with E-state index in [1.165, 1.54) is 12.8 Å². The lowest BCUT2D eigenvalue weighted by Crippen LogP contribution is -2.37. The number of rotatable bonds is 7. The third-order valence-corrected chi connectivity index (χ3v) is 6.15. The summed E-state index contributed by atoms with van der Waals surface area (Å²) in [4.78, 5) is 26.7. The maximum Gasteiger partial charge on any atom is 0.235 e. The summed E-state index contributed by atoms with van der Waals surface area (Å²) in [6.45, 7) is 7.82. The number of para-hydroxylation sites is 1. The highest BCUT2D eigenvalue weighted by Crippen LogP contribution is 2.21. The second kappa shape index (κ2) is 10.6. The summed E-state index contributed by atoms with van der Waals surface area (Å²) in [5, 5.41) is 3.01. The molecule has 1 unspecified atom stereocenters. The molecule has 1 N–H and O–H groups in total. The van der Waals surface area contributed by atoms with Gasteiger partial charge in [-0.3, -0.25) is 9.59 Å². The monoisotopic (exact) mass is 376 g/mol. The van der Waals surface area contributed by atoms with E-state index in [1.54, 1.807) is 11.8 Å². The summed E-state index contributed by atoms with van der Waals surface area (Å²) >= 11 is 1.67. The molecule has 1 fully saturated rings. The van der Waals surface area contributed by atoms with Crippen molar-refractivity contribution in [1.82, 2.24) is 4.90 Å². The molecule has 1 aromatic rings. The Morgan fingerprint density at radius 1 is 1.12 bits per heavy atom. The van der Waals surface area contributed by atoms with Crippen LogP contribution in [0.25, 0.3) is 0 Å². The smallest absolute Gasteiger partial charge is 0.235 e. The number of nitrogens with zero attached hydrogens (tertiary/aromatic N) is 1. The second-order valence-corrected chi connectivity index (χ2v) is 8.62. The molecule has 1 aliphatic heterocycles. The molecule has 1 saturated heterocycles. The predicted molar refractivity (Wildman–Crippen MR) is 111 cm³/mol. The largest absolute Gasteiger partial charge is 0.342 e. The molecule has 1 aliphatic rings. The number of carbonyl (C=O) groups is 2. The molecule has 0 aliphatic carbocycles. The molecule has 0 aromatic heterocycles. The second-order valence-electron chi connectivity index (χ2n) is 7.17. The summed E-state index contributed by atoms with van der Waals surface area (Å²) in [5.74, 6) is 1.15. The van der Waals surface area contributed by atoms with E-state index in [9.17, 15) is 9.59 Å². The zero-order valence-corrected chi connectivity index (χ0v) is 17.2. The van der Waals surface area contributed by atoms with Crippen molar-refractivity contribution in [2.45, 2.75) is 64.5 Å². The lowest BCUT2D eigenvalue weighted by atomic mass is 10.1. The number of hydrogen-bond acceptors (Lipinski definition) is 3.